The number of hydrogen-bond acceptors (Lipinski definition) is 23. The Morgan fingerprint density at radius 1 is 0.636 bits per heavy atom. The van der Waals surface area contributed by atoms with Crippen molar-refractivity contribution in [1.29, 1.82) is 5.26 Å². The molecule has 2 saturated carbocycles. The Balaban J connectivity index is -0.0000000606. The molecule has 29 heteroatoms. The highest BCUT2D eigenvalue weighted by Crippen LogP contribution is 2.29. The number of nitrogens with zero attached hydrogens (tertiary/aromatic N) is 1. The summed E-state index contributed by atoms with van der Waals surface area (Å²) in [6.45, 7) is 60.7. The van der Waals surface area contributed by atoms with Crippen molar-refractivity contribution in [3.8, 4) is 6.07 Å². The van der Waals surface area contributed by atoms with Crippen LogP contribution < -0.4 is 16.5 Å². The maximum atomic E-state index is 12.2. The number of carboxylic acid groups (broad SMARTS) is 1. The van der Waals surface area contributed by atoms with Crippen LogP contribution in [-0.4, -0.2) is 128 Å². The summed E-state index contributed by atoms with van der Waals surface area (Å²) in [4.78, 5) is 110. The van der Waals surface area contributed by atoms with Gasteiger partial charge in [0, 0.05) is 77.1 Å². The first kappa shape index (κ1) is 157. The predicted octanol–water partition coefficient (Wildman–Crippen LogP) is 24.5. The van der Waals surface area contributed by atoms with Gasteiger partial charge in [-0.2, -0.15) is 10.1 Å². The monoisotopic (exact) mass is 1760 g/mol. The van der Waals surface area contributed by atoms with E-state index >= 15 is 0 Å². The zero-order valence-electron chi connectivity index (χ0n) is 71.3. The average Bonchev–Trinajstić information content (AvgIpc) is 1.72. The molecule has 2 aromatic rings. The zero-order chi connectivity index (χ0) is 87.0. The van der Waals surface area contributed by atoms with Crippen molar-refractivity contribution in [3.05, 3.63) is 95.4 Å². The van der Waals surface area contributed by atoms with Gasteiger partial charge in [0.05, 0.1) is 48.4 Å². The molecule has 0 saturated heterocycles. The molecule has 1 aromatic carbocycles. The first-order chi connectivity index (χ1) is 50.8. The Labute approximate surface area is 735 Å². The van der Waals surface area contributed by atoms with Crippen LogP contribution >= 0.6 is 0 Å². The average molecular weight is 1760 g/mol. The second-order valence-electron chi connectivity index (χ2n) is 29.2. The number of nitrogens with one attached hydrogen (secondary N) is 2. The summed E-state index contributed by atoms with van der Waals surface area (Å²) < 4.78 is 79.5. The van der Waals surface area contributed by atoms with Gasteiger partial charge in [0.2, 0.25) is 24.4 Å². The molecule has 26 nitrogen and oxygen atoms in total. The van der Waals surface area contributed by atoms with Crippen LogP contribution in [0.5, 0.6) is 0 Å². The molecular weight excluding hydrogens is 1570 g/mol. The van der Waals surface area contributed by atoms with E-state index in [1.54, 1.807) is 75.3 Å². The van der Waals surface area contributed by atoms with Crippen LogP contribution in [0.2, 0.25) is 0 Å². The standard InChI is InChI=1S/C12H22O4.C10H11N.C10H14O5.C10H18O4.C7H12FNO.C7H14O.C7H16O.C6H11F2NO.C6H10O2.C4H8O2.C2H4O2.11CH4/c1-8(2)7-10(13)15-9(3)16-11(14)12(4,5)6;1-8(2)10-5-3-4-9(6-10)7-11;1-6(2)4-9(11)13-5-8-7(3)14-10(12)15-8;1-5-9(11)13-8(4)14-10(12)6-7(2)3;1-4(2)7(10)9-6-3-5(6)8;1-6(2)8-5-7-3-4-7;1-6(2)5-8-7(3)4;1-4(2)6(10)9-3-5(7)8;1-5(2)3-4-6(7)8;1-3-5-6-4-2;1-2-4-3;;;;;;;;;;;/h8-9H,7H2,1-6H3;3-6,8H,1-2H3;6H,4-5H2,1-3H3;7-8H,5-6H2,1-4H3;4-6H,3H2,1-2H3,(H,9,10);6-7H,3-5H2,1-2H3;6-7H,5H2,1-4H3;4-5H,3H2,1-2H3,(H,9,10);3-5H,1-2H3,(H,7,8);3H,1,4H2,2H3;2-3H,1H2;11*1H4/b;;;;;;;;4-3+;;;;;;;;;;;;;. The van der Waals surface area contributed by atoms with Crippen LogP contribution in [0.3, 0.4) is 0 Å². The minimum absolute atomic E-state index is 0. The van der Waals surface area contributed by atoms with Crippen molar-refractivity contribution in [2.45, 2.75) is 376 Å². The maximum Gasteiger partial charge on any atom is 0.519 e. The fourth-order valence-corrected chi connectivity index (χ4v) is 6.22. The van der Waals surface area contributed by atoms with Crippen molar-refractivity contribution in [3.63, 3.8) is 0 Å². The molecule has 1 aromatic heterocycles. The number of halogens is 3. The molecule has 2 amide bonds. The number of carboxylic acids is 1. The second kappa shape index (κ2) is 95.8. The Kier molecular flexibility index (Phi) is 124. The Hall–Kier alpha value is -8.07. The molecule has 1 heterocycles. The number of aryl methyl sites for hydroxylation is 1. The van der Waals surface area contributed by atoms with Gasteiger partial charge in [-0.25, -0.2) is 28.0 Å². The first-order valence-electron chi connectivity index (χ1n) is 37.3. The summed E-state index contributed by atoms with van der Waals surface area (Å²) in [7, 11) is 0. The van der Waals surface area contributed by atoms with E-state index in [1.807, 2.05) is 86.6 Å². The minimum Gasteiger partial charge on any atom is -0.478 e. The third-order valence-corrected chi connectivity index (χ3v) is 12.3. The van der Waals surface area contributed by atoms with Gasteiger partial charge in [-0.3, -0.25) is 33.6 Å². The number of esters is 5. The highest BCUT2D eigenvalue weighted by atomic mass is 19.3. The maximum absolute atomic E-state index is 12.2. The molecule has 4 unspecified atom stereocenters. The van der Waals surface area contributed by atoms with Gasteiger partial charge >= 0.3 is 41.6 Å². The molecule has 4 atom stereocenters. The Morgan fingerprint density at radius 2 is 1.07 bits per heavy atom. The van der Waals surface area contributed by atoms with Gasteiger partial charge < -0.3 is 67.5 Å². The van der Waals surface area contributed by atoms with Gasteiger partial charge in [0.25, 0.3) is 6.43 Å². The van der Waals surface area contributed by atoms with Crippen LogP contribution in [0, 0.1) is 71.0 Å². The van der Waals surface area contributed by atoms with E-state index in [-0.39, 0.29) is 178 Å². The summed E-state index contributed by atoms with van der Waals surface area (Å²) in [6, 6.07) is 9.67. The lowest BCUT2D eigenvalue weighted by atomic mass is 9.97. The minimum atomic E-state index is -2.46. The molecule has 0 bridgehead atoms. The number of hydrogen-bond donors (Lipinski definition) is 4. The lowest BCUT2D eigenvalue weighted by molar-refractivity contribution is -0.244. The van der Waals surface area contributed by atoms with E-state index in [9.17, 15) is 56.3 Å². The lowest BCUT2D eigenvalue weighted by Gasteiger charge is -2.21. The molecule has 726 valence electrons. The van der Waals surface area contributed by atoms with Gasteiger partial charge in [-0.05, 0) is 134 Å². The third kappa shape index (κ3) is 121. The highest BCUT2D eigenvalue weighted by molar-refractivity contribution is 5.80. The summed E-state index contributed by atoms with van der Waals surface area (Å²) >= 11 is 0. The van der Waals surface area contributed by atoms with Crippen LogP contribution in [0.25, 0.3) is 0 Å². The number of carbonyl (C=O) groups excluding carboxylic acids is 7. The van der Waals surface area contributed by atoms with Crippen LogP contribution in [-0.2, 0) is 92.8 Å². The summed E-state index contributed by atoms with van der Waals surface area (Å²) in [5.74, 6) is -0.289. The third-order valence-electron chi connectivity index (χ3n) is 12.3. The normalized spacial score (nSPS) is 12.1. The van der Waals surface area contributed by atoms with Crippen molar-refractivity contribution in [1.82, 2.24) is 10.6 Å². The van der Waals surface area contributed by atoms with E-state index < -0.39 is 48.9 Å². The number of benzene rings is 1. The van der Waals surface area contributed by atoms with E-state index in [2.05, 4.69) is 109 Å². The summed E-state index contributed by atoms with van der Waals surface area (Å²) in [6.07, 6.45) is 5.53. The molecule has 121 heavy (non-hydrogen) atoms. The molecule has 0 aliphatic heterocycles. The predicted molar refractivity (Wildman–Crippen MR) is 491 cm³/mol. The smallest absolute Gasteiger partial charge is 0.478 e. The van der Waals surface area contributed by atoms with Crippen molar-refractivity contribution >= 4 is 47.6 Å². The molecule has 4 rings (SSSR count). The van der Waals surface area contributed by atoms with E-state index in [0.717, 1.165) is 37.0 Å². The summed E-state index contributed by atoms with van der Waals surface area (Å²) in [5, 5.41) is 28.6. The van der Waals surface area contributed by atoms with Crippen molar-refractivity contribution in [2.75, 3.05) is 26.4 Å². The van der Waals surface area contributed by atoms with Crippen LogP contribution in [0.4, 0.5) is 13.2 Å². The number of amides is 2. The van der Waals surface area contributed by atoms with E-state index in [1.165, 1.54) is 31.6 Å². The highest BCUT2D eigenvalue weighted by Gasteiger charge is 2.39. The van der Waals surface area contributed by atoms with Crippen LogP contribution in [0.15, 0.2) is 75.7 Å². The second-order valence-corrected chi connectivity index (χ2v) is 29.2. The van der Waals surface area contributed by atoms with Crippen molar-refractivity contribution in [2.24, 2.45) is 52.8 Å². The number of aliphatic carboxylic acids is 1. The quantitative estimate of drug-likeness (QED) is 0.00796. The molecular formula is C92H184F3N3O23. The van der Waals surface area contributed by atoms with Crippen LogP contribution in [0.1, 0.15) is 342 Å². The Morgan fingerprint density at radius 3 is 1.35 bits per heavy atom. The largest absolute Gasteiger partial charge is 0.519 e. The first-order valence-corrected chi connectivity index (χ1v) is 37.3. The molecule has 0 radical (unpaired) electrons. The number of rotatable bonds is 31. The van der Waals surface area contributed by atoms with Gasteiger partial charge in [0.15, 0.2) is 18.1 Å². The summed E-state index contributed by atoms with van der Waals surface area (Å²) in [5.41, 5.74) is 1.39. The molecule has 2 fully saturated rings. The van der Waals surface area contributed by atoms with E-state index in [0.29, 0.717) is 68.0 Å². The SMILES string of the molecule is C.C.C.C.C.C.C.C.C.C.C.C=COO.C=COOCC.CC(C)/C=C/C(=O)O.CC(C)C(=O)NC1CC1F.CC(C)C(=O)NCC(F)F.CC(C)CC(=O)OC(C)OC(=O)C(C)(C)C.CC(C)COC(C)C.CC(C)OCC1CC1.CC(C)c1cccc(C#N)c1.CCC(=O)OC(C)OC(=O)CC(C)C.Cc1oc(=O)oc1COC(=O)CC(C)C. The van der Waals surface area contributed by atoms with Gasteiger partial charge in [-0.15, -0.1) is 0 Å². The number of carbonyl (C=O) groups is 8. The van der Waals surface area contributed by atoms with Crippen molar-refractivity contribution < 1.29 is 119 Å². The molecule has 4 N–H and O–H groups in total. The number of ether oxygens (including phenoxy) is 7. The number of nitriles is 1. The molecule has 2 aliphatic rings. The molecule has 0 spiro atoms. The van der Waals surface area contributed by atoms with Gasteiger partial charge in [-0.1, -0.05) is 231 Å². The number of allylic oxidation sites excluding steroid dienone is 1. The fourth-order valence-electron chi connectivity index (χ4n) is 6.22. The fraction of sp³-hybridized carbons (Fsp3) is 0.739. The number of alkyl halides is 3. The zero-order valence-corrected chi connectivity index (χ0v) is 71.3. The topological polar surface area (TPSA) is 361 Å². The van der Waals surface area contributed by atoms with Gasteiger partial charge in [0.1, 0.15) is 18.7 Å². The molecule has 2 aliphatic carbocycles. The Bertz CT molecular complexity index is 2870. The lowest BCUT2D eigenvalue weighted by Crippen LogP contribution is -2.31. The van der Waals surface area contributed by atoms with E-state index in [4.69, 9.17) is 48.8 Å².